The molecule has 1 heterocycles. The van der Waals surface area contributed by atoms with Crippen molar-refractivity contribution < 1.29 is 4.79 Å². The van der Waals surface area contributed by atoms with Gasteiger partial charge in [0.05, 0.1) is 0 Å². The van der Waals surface area contributed by atoms with Crippen LogP contribution in [0.25, 0.3) is 0 Å². The number of benzene rings is 1. The highest BCUT2D eigenvalue weighted by Gasteiger charge is 2.42. The molecule has 1 aliphatic carbocycles. The van der Waals surface area contributed by atoms with Crippen molar-refractivity contribution in [1.29, 1.82) is 0 Å². The molecule has 1 fully saturated rings. The number of rotatable bonds is 4. The van der Waals surface area contributed by atoms with Crippen LogP contribution in [0.1, 0.15) is 37.7 Å². The van der Waals surface area contributed by atoms with E-state index in [0.29, 0.717) is 6.54 Å². The van der Waals surface area contributed by atoms with E-state index in [0.717, 1.165) is 37.7 Å². The molecular weight excluding hydrogens is 266 g/mol. The number of carbonyl (C=O) groups is 1. The number of hydrogen-bond acceptors (Lipinski definition) is 4. The molecule has 0 atom stereocenters. The summed E-state index contributed by atoms with van der Waals surface area (Å²) >= 11 is 0. The highest BCUT2D eigenvalue weighted by molar-refractivity contribution is 5.84. The predicted molar refractivity (Wildman–Crippen MR) is 77.2 cm³/mol. The average molecular weight is 285 g/mol. The average Bonchev–Trinajstić information content (AvgIpc) is 3.09. The van der Waals surface area contributed by atoms with Crippen LogP contribution in [0.4, 0.5) is 0 Å². The van der Waals surface area contributed by atoms with Crippen molar-refractivity contribution in [2.75, 3.05) is 0 Å². The number of carbonyl (C=O) groups excluding carboxylic acids is 1. The first-order valence-corrected chi connectivity index (χ1v) is 7.37. The molecule has 1 aliphatic rings. The standard InChI is InChI=1S/C15H19N5O/c21-14(16-11-13-7-3-1-4-8-13)15(9-5-2-6-10-15)20-12-17-18-19-20/h1,3-4,7-8,12H,2,5-6,9-11H2,(H,16,21). The molecule has 21 heavy (non-hydrogen) atoms. The Balaban J connectivity index is 1.75. The lowest BCUT2D eigenvalue weighted by molar-refractivity contribution is -0.132. The fourth-order valence-corrected chi connectivity index (χ4v) is 3.00. The van der Waals surface area contributed by atoms with E-state index in [4.69, 9.17) is 0 Å². The van der Waals surface area contributed by atoms with Crippen LogP contribution in [0.2, 0.25) is 0 Å². The normalized spacial score (nSPS) is 17.3. The lowest BCUT2D eigenvalue weighted by Crippen LogP contribution is -2.50. The third-order valence-corrected chi connectivity index (χ3v) is 4.19. The lowest BCUT2D eigenvalue weighted by atomic mass is 9.81. The molecule has 1 aromatic carbocycles. The minimum absolute atomic E-state index is 0.0124. The molecule has 1 saturated carbocycles. The fourth-order valence-electron chi connectivity index (χ4n) is 3.00. The Morgan fingerprint density at radius 3 is 2.62 bits per heavy atom. The number of hydrogen-bond donors (Lipinski definition) is 1. The summed E-state index contributed by atoms with van der Waals surface area (Å²) in [7, 11) is 0. The molecule has 0 aliphatic heterocycles. The molecule has 3 rings (SSSR count). The van der Waals surface area contributed by atoms with Gasteiger partial charge in [0.25, 0.3) is 0 Å². The first kappa shape index (κ1) is 13.7. The Bertz CT molecular complexity index is 575. The maximum atomic E-state index is 12.8. The number of nitrogens with one attached hydrogen (secondary N) is 1. The number of nitrogens with zero attached hydrogens (tertiary/aromatic N) is 4. The molecular formula is C15H19N5O. The second kappa shape index (κ2) is 6.03. The van der Waals surface area contributed by atoms with E-state index in [-0.39, 0.29) is 5.91 Å². The fraction of sp³-hybridized carbons (Fsp3) is 0.467. The van der Waals surface area contributed by atoms with Crippen LogP contribution < -0.4 is 5.32 Å². The third-order valence-electron chi connectivity index (χ3n) is 4.19. The van der Waals surface area contributed by atoms with Crippen LogP contribution in [0.5, 0.6) is 0 Å². The van der Waals surface area contributed by atoms with Gasteiger partial charge in [-0.3, -0.25) is 4.79 Å². The van der Waals surface area contributed by atoms with Gasteiger partial charge >= 0.3 is 0 Å². The molecule has 110 valence electrons. The van der Waals surface area contributed by atoms with E-state index in [9.17, 15) is 4.79 Å². The Morgan fingerprint density at radius 1 is 1.19 bits per heavy atom. The maximum Gasteiger partial charge on any atom is 0.248 e. The first-order chi connectivity index (χ1) is 10.3. The molecule has 0 unspecified atom stereocenters. The molecule has 6 heteroatoms. The Kier molecular flexibility index (Phi) is 3.94. The van der Waals surface area contributed by atoms with Crippen molar-refractivity contribution in [3.63, 3.8) is 0 Å². The van der Waals surface area contributed by atoms with Gasteiger partial charge < -0.3 is 5.32 Å². The highest BCUT2D eigenvalue weighted by Crippen LogP contribution is 2.34. The Labute approximate surface area is 123 Å². The van der Waals surface area contributed by atoms with Gasteiger partial charge in [-0.1, -0.05) is 49.6 Å². The monoisotopic (exact) mass is 285 g/mol. The summed E-state index contributed by atoms with van der Waals surface area (Å²) in [5.41, 5.74) is 0.463. The first-order valence-electron chi connectivity index (χ1n) is 7.37. The van der Waals surface area contributed by atoms with Gasteiger partial charge in [0.2, 0.25) is 5.91 Å². The van der Waals surface area contributed by atoms with E-state index in [2.05, 4.69) is 20.8 Å². The lowest BCUT2D eigenvalue weighted by Gasteiger charge is -2.35. The smallest absolute Gasteiger partial charge is 0.248 e. The van der Waals surface area contributed by atoms with Crippen molar-refractivity contribution in [3.8, 4) is 0 Å². The van der Waals surface area contributed by atoms with Crippen molar-refractivity contribution >= 4 is 5.91 Å². The van der Waals surface area contributed by atoms with E-state index in [1.807, 2.05) is 30.3 Å². The van der Waals surface area contributed by atoms with Crippen molar-refractivity contribution in [1.82, 2.24) is 25.5 Å². The van der Waals surface area contributed by atoms with Gasteiger partial charge in [-0.25, -0.2) is 4.68 Å². The summed E-state index contributed by atoms with van der Waals surface area (Å²) in [6.07, 6.45) is 6.35. The van der Waals surface area contributed by atoms with E-state index >= 15 is 0 Å². The van der Waals surface area contributed by atoms with Gasteiger partial charge in [-0.2, -0.15) is 0 Å². The second-order valence-electron chi connectivity index (χ2n) is 5.51. The van der Waals surface area contributed by atoms with Crippen molar-refractivity contribution in [2.45, 2.75) is 44.2 Å². The number of aromatic nitrogens is 4. The quantitative estimate of drug-likeness (QED) is 0.927. The SMILES string of the molecule is O=C(NCc1ccccc1)C1(n2cnnn2)CCCCC1. The maximum absolute atomic E-state index is 12.8. The minimum Gasteiger partial charge on any atom is -0.350 e. The van der Waals surface area contributed by atoms with Gasteiger partial charge in [0.15, 0.2) is 0 Å². The molecule has 2 aromatic rings. The molecule has 1 aromatic heterocycles. The molecule has 0 spiro atoms. The molecule has 1 amide bonds. The summed E-state index contributed by atoms with van der Waals surface area (Å²) in [5, 5.41) is 14.4. The van der Waals surface area contributed by atoms with Gasteiger partial charge in [-0.15, -0.1) is 5.10 Å². The van der Waals surface area contributed by atoms with Crippen LogP contribution in [0.15, 0.2) is 36.7 Å². The van der Waals surface area contributed by atoms with Gasteiger partial charge in [0, 0.05) is 6.54 Å². The number of tetrazole rings is 1. The molecule has 0 saturated heterocycles. The zero-order valence-corrected chi connectivity index (χ0v) is 11.9. The van der Waals surface area contributed by atoms with Crippen LogP contribution >= 0.6 is 0 Å². The zero-order valence-electron chi connectivity index (χ0n) is 11.9. The summed E-state index contributed by atoms with van der Waals surface area (Å²) in [4.78, 5) is 12.8. The van der Waals surface area contributed by atoms with Crippen molar-refractivity contribution in [3.05, 3.63) is 42.2 Å². The van der Waals surface area contributed by atoms with Gasteiger partial charge in [-0.05, 0) is 28.8 Å². The third kappa shape index (κ3) is 2.79. The van der Waals surface area contributed by atoms with Crippen LogP contribution in [-0.2, 0) is 16.9 Å². The molecule has 6 nitrogen and oxygen atoms in total. The molecule has 0 bridgehead atoms. The topological polar surface area (TPSA) is 72.7 Å². The predicted octanol–water partition coefficient (Wildman–Crippen LogP) is 1.65. The van der Waals surface area contributed by atoms with Crippen molar-refractivity contribution in [2.24, 2.45) is 0 Å². The van der Waals surface area contributed by atoms with E-state index in [1.165, 1.54) is 0 Å². The summed E-state index contributed by atoms with van der Waals surface area (Å²) in [6, 6.07) is 9.92. The van der Waals surface area contributed by atoms with Crippen LogP contribution in [-0.4, -0.2) is 26.1 Å². The molecule has 0 radical (unpaired) electrons. The largest absolute Gasteiger partial charge is 0.350 e. The van der Waals surface area contributed by atoms with Crippen LogP contribution in [0, 0.1) is 0 Å². The molecule has 1 N–H and O–H groups in total. The highest BCUT2D eigenvalue weighted by atomic mass is 16.2. The minimum atomic E-state index is -0.628. The summed E-state index contributed by atoms with van der Waals surface area (Å²) < 4.78 is 1.63. The van der Waals surface area contributed by atoms with Gasteiger partial charge in [0.1, 0.15) is 11.9 Å². The second-order valence-corrected chi connectivity index (χ2v) is 5.51. The van der Waals surface area contributed by atoms with E-state index < -0.39 is 5.54 Å². The summed E-state index contributed by atoms with van der Waals surface area (Å²) in [5.74, 6) is 0.0124. The van der Waals surface area contributed by atoms with Crippen LogP contribution in [0.3, 0.4) is 0 Å². The zero-order chi connectivity index (χ0) is 14.5. The Hall–Kier alpha value is -2.24. The Morgan fingerprint density at radius 2 is 1.95 bits per heavy atom. The van der Waals surface area contributed by atoms with E-state index in [1.54, 1.807) is 11.0 Å². The summed E-state index contributed by atoms with van der Waals surface area (Å²) in [6.45, 7) is 0.531. The number of amides is 1.